The van der Waals surface area contributed by atoms with E-state index in [9.17, 15) is 4.79 Å². The lowest BCUT2D eigenvalue weighted by molar-refractivity contribution is 0.0998. The van der Waals surface area contributed by atoms with E-state index in [2.05, 4.69) is 11.6 Å². The molecule has 0 unspecified atom stereocenters. The highest BCUT2D eigenvalue weighted by Crippen LogP contribution is 2.27. The van der Waals surface area contributed by atoms with Crippen LogP contribution in [0.15, 0.2) is 60.1 Å². The van der Waals surface area contributed by atoms with Crippen LogP contribution in [-0.4, -0.2) is 17.1 Å². The van der Waals surface area contributed by atoms with Crippen LogP contribution in [0.5, 0.6) is 5.75 Å². The number of para-hydroxylation sites is 1. The average Bonchev–Trinajstić information content (AvgIpc) is 2.94. The van der Waals surface area contributed by atoms with Crippen LogP contribution < -0.4 is 9.54 Å². The molecule has 3 rings (SSSR count). The summed E-state index contributed by atoms with van der Waals surface area (Å²) in [6, 6.07) is 13.3. The quantitative estimate of drug-likeness (QED) is 0.641. The van der Waals surface area contributed by atoms with Gasteiger partial charge in [0, 0.05) is 12.1 Å². The highest BCUT2D eigenvalue weighted by Gasteiger charge is 2.12. The van der Waals surface area contributed by atoms with Crippen LogP contribution in [0.2, 0.25) is 0 Å². The fraction of sp³-hybridized carbons (Fsp3) is 0.200. The number of benzene rings is 2. The van der Waals surface area contributed by atoms with Gasteiger partial charge in [-0.2, -0.15) is 4.99 Å². The lowest BCUT2D eigenvalue weighted by atomic mass is 10.1. The molecule has 25 heavy (non-hydrogen) atoms. The van der Waals surface area contributed by atoms with Gasteiger partial charge in [-0.15, -0.1) is 6.58 Å². The van der Waals surface area contributed by atoms with Crippen LogP contribution in [0.25, 0.3) is 10.2 Å². The number of carbonyl (C=O) groups excluding carboxylic acids is 1. The van der Waals surface area contributed by atoms with Crippen LogP contribution >= 0.6 is 11.3 Å². The normalized spacial score (nSPS) is 11.7. The number of nitrogens with zero attached hydrogens (tertiary/aromatic N) is 2. The number of hydrogen-bond donors (Lipinski definition) is 0. The minimum absolute atomic E-state index is 0.248. The molecule has 4 nitrogen and oxygen atoms in total. The fourth-order valence-electron chi connectivity index (χ4n) is 2.60. The molecule has 0 bridgehead atoms. The molecule has 1 aromatic heterocycles. The van der Waals surface area contributed by atoms with E-state index in [1.807, 2.05) is 48.7 Å². The van der Waals surface area contributed by atoms with E-state index in [-0.39, 0.29) is 5.91 Å². The summed E-state index contributed by atoms with van der Waals surface area (Å²) >= 11 is 1.48. The predicted octanol–water partition coefficient (Wildman–Crippen LogP) is 4.34. The number of rotatable bonds is 5. The summed E-state index contributed by atoms with van der Waals surface area (Å²) in [4.78, 5) is 17.5. The van der Waals surface area contributed by atoms with Crippen LogP contribution in [0, 0.1) is 6.92 Å². The second-order valence-electron chi connectivity index (χ2n) is 5.60. The summed E-state index contributed by atoms with van der Waals surface area (Å²) in [7, 11) is 0. The molecule has 0 saturated heterocycles. The van der Waals surface area contributed by atoms with Crippen molar-refractivity contribution < 1.29 is 9.53 Å². The fourth-order valence-corrected chi connectivity index (χ4v) is 3.66. The van der Waals surface area contributed by atoms with Crippen molar-refractivity contribution >= 4 is 27.5 Å². The Hall–Kier alpha value is -2.66. The Balaban J connectivity index is 2.16. The maximum atomic E-state index is 12.5. The van der Waals surface area contributed by atoms with Crippen LogP contribution in [0.4, 0.5) is 0 Å². The number of fused-ring (bicyclic) bond motifs is 1. The Kier molecular flexibility index (Phi) is 5.14. The number of amides is 1. The summed E-state index contributed by atoms with van der Waals surface area (Å²) in [5, 5.41) is 0. The molecule has 0 aliphatic heterocycles. The Morgan fingerprint density at radius 1 is 1.28 bits per heavy atom. The number of thiazole rings is 1. The zero-order valence-corrected chi connectivity index (χ0v) is 15.2. The highest BCUT2D eigenvalue weighted by atomic mass is 32.1. The third-order valence-electron chi connectivity index (χ3n) is 3.77. The van der Waals surface area contributed by atoms with E-state index < -0.39 is 0 Å². The average molecular weight is 352 g/mol. The van der Waals surface area contributed by atoms with Crippen molar-refractivity contribution in [3.05, 3.63) is 71.0 Å². The summed E-state index contributed by atoms with van der Waals surface area (Å²) in [6.07, 6.45) is 1.80. The Labute approximate surface area is 150 Å². The molecule has 0 aliphatic rings. The first-order valence-electron chi connectivity index (χ1n) is 8.15. The van der Waals surface area contributed by atoms with Gasteiger partial charge in [0.1, 0.15) is 11.3 Å². The summed E-state index contributed by atoms with van der Waals surface area (Å²) < 4.78 is 8.75. The lowest BCUT2D eigenvalue weighted by Gasteiger charge is -2.07. The van der Waals surface area contributed by atoms with Gasteiger partial charge in [0.25, 0.3) is 5.91 Å². The minimum Gasteiger partial charge on any atom is -0.492 e. The van der Waals surface area contributed by atoms with E-state index in [4.69, 9.17) is 4.74 Å². The van der Waals surface area contributed by atoms with Crippen molar-refractivity contribution in [1.82, 2.24) is 4.57 Å². The number of aryl methyl sites for hydroxylation is 1. The van der Waals surface area contributed by atoms with E-state index in [1.54, 1.807) is 18.2 Å². The number of hydrogen-bond acceptors (Lipinski definition) is 3. The van der Waals surface area contributed by atoms with Crippen molar-refractivity contribution in [2.45, 2.75) is 20.4 Å². The molecular formula is C20H20N2O2S. The molecule has 1 heterocycles. The topological polar surface area (TPSA) is 43.6 Å². The third-order valence-corrected chi connectivity index (χ3v) is 4.81. The summed E-state index contributed by atoms with van der Waals surface area (Å²) in [6.45, 7) is 8.91. The molecule has 3 aromatic rings. The second-order valence-corrected chi connectivity index (χ2v) is 6.61. The standard InChI is InChI=1S/C20H20N2O2S/c1-4-13-22-18-16(24-5-2)7-6-8-17(18)25-20(22)21-19(23)15-11-9-14(3)10-12-15/h4,6-12H,1,5,13H2,2-3H3. The Morgan fingerprint density at radius 2 is 2.04 bits per heavy atom. The molecule has 0 spiro atoms. The van der Waals surface area contributed by atoms with Crippen molar-refractivity contribution in [3.63, 3.8) is 0 Å². The molecule has 0 aliphatic carbocycles. The highest BCUT2D eigenvalue weighted by molar-refractivity contribution is 7.16. The van der Waals surface area contributed by atoms with Gasteiger partial charge >= 0.3 is 0 Å². The van der Waals surface area contributed by atoms with Gasteiger partial charge in [-0.05, 0) is 38.1 Å². The first kappa shape index (κ1) is 17.2. The first-order valence-corrected chi connectivity index (χ1v) is 8.97. The smallest absolute Gasteiger partial charge is 0.279 e. The van der Waals surface area contributed by atoms with Gasteiger partial charge < -0.3 is 9.30 Å². The van der Waals surface area contributed by atoms with E-state index in [1.165, 1.54) is 11.3 Å². The molecule has 2 aromatic carbocycles. The Bertz CT molecular complexity index is 981. The minimum atomic E-state index is -0.248. The molecule has 0 radical (unpaired) electrons. The van der Waals surface area contributed by atoms with Crippen LogP contribution in [0.1, 0.15) is 22.8 Å². The van der Waals surface area contributed by atoms with E-state index in [0.717, 1.165) is 21.5 Å². The molecule has 0 atom stereocenters. The molecule has 128 valence electrons. The maximum absolute atomic E-state index is 12.5. The lowest BCUT2D eigenvalue weighted by Crippen LogP contribution is -2.16. The first-order chi connectivity index (χ1) is 12.1. The summed E-state index contributed by atoms with van der Waals surface area (Å²) in [5.74, 6) is 0.546. The van der Waals surface area contributed by atoms with Gasteiger partial charge in [-0.25, -0.2) is 0 Å². The van der Waals surface area contributed by atoms with Crippen molar-refractivity contribution in [2.24, 2.45) is 4.99 Å². The van der Waals surface area contributed by atoms with Crippen LogP contribution in [-0.2, 0) is 6.54 Å². The molecule has 1 amide bonds. The zero-order chi connectivity index (χ0) is 17.8. The van der Waals surface area contributed by atoms with Gasteiger partial charge in [-0.1, -0.05) is 41.2 Å². The van der Waals surface area contributed by atoms with Crippen molar-refractivity contribution in [3.8, 4) is 5.75 Å². The number of aromatic nitrogens is 1. The van der Waals surface area contributed by atoms with Crippen molar-refractivity contribution in [1.29, 1.82) is 0 Å². The van der Waals surface area contributed by atoms with Gasteiger partial charge in [0.15, 0.2) is 4.80 Å². The van der Waals surface area contributed by atoms with E-state index >= 15 is 0 Å². The number of carbonyl (C=O) groups is 1. The monoisotopic (exact) mass is 352 g/mol. The van der Waals surface area contributed by atoms with Crippen molar-refractivity contribution in [2.75, 3.05) is 6.61 Å². The number of allylic oxidation sites excluding steroid dienone is 1. The number of ether oxygens (including phenoxy) is 1. The predicted molar refractivity (Wildman–Crippen MR) is 102 cm³/mol. The summed E-state index contributed by atoms with van der Waals surface area (Å²) in [5.41, 5.74) is 2.64. The third kappa shape index (κ3) is 3.56. The SMILES string of the molecule is C=CCn1c(=NC(=O)c2ccc(C)cc2)sc2cccc(OCC)c21. The molecule has 0 fully saturated rings. The molecular weight excluding hydrogens is 332 g/mol. The molecule has 0 saturated carbocycles. The zero-order valence-electron chi connectivity index (χ0n) is 14.4. The van der Waals surface area contributed by atoms with Gasteiger partial charge in [0.2, 0.25) is 0 Å². The van der Waals surface area contributed by atoms with Gasteiger partial charge in [-0.3, -0.25) is 4.79 Å². The largest absolute Gasteiger partial charge is 0.492 e. The molecule has 5 heteroatoms. The van der Waals surface area contributed by atoms with Crippen LogP contribution in [0.3, 0.4) is 0 Å². The van der Waals surface area contributed by atoms with E-state index in [0.29, 0.717) is 23.5 Å². The Morgan fingerprint density at radius 3 is 2.72 bits per heavy atom. The second kappa shape index (κ2) is 7.49. The maximum Gasteiger partial charge on any atom is 0.279 e. The molecule has 0 N–H and O–H groups in total. The van der Waals surface area contributed by atoms with Gasteiger partial charge in [0.05, 0.1) is 11.3 Å².